The Morgan fingerprint density at radius 1 is 1.23 bits per heavy atom. The van der Waals surface area contributed by atoms with E-state index in [4.69, 9.17) is 10.8 Å². The monoisotopic (exact) mass is 293 g/mol. The van der Waals surface area contributed by atoms with Crippen molar-refractivity contribution in [2.75, 3.05) is 5.73 Å². The fraction of sp³-hybridized carbons (Fsp3) is 0.200. The van der Waals surface area contributed by atoms with Crippen LogP contribution in [0.15, 0.2) is 30.7 Å². The zero-order chi connectivity index (χ0) is 15.3. The van der Waals surface area contributed by atoms with Gasteiger partial charge in [0.25, 0.3) is 0 Å². The number of nitrogens with two attached hydrogens (primary N) is 1. The number of aromatic nitrogens is 6. The van der Waals surface area contributed by atoms with Gasteiger partial charge in [0.15, 0.2) is 5.65 Å². The number of nitrogen functional groups attached to an aromatic ring is 1. The molecule has 4 heterocycles. The van der Waals surface area contributed by atoms with Gasteiger partial charge in [0.1, 0.15) is 23.5 Å². The molecule has 7 nitrogen and oxygen atoms in total. The number of fused-ring (bicyclic) bond motifs is 2. The van der Waals surface area contributed by atoms with Crippen LogP contribution in [0, 0.1) is 0 Å². The zero-order valence-electron chi connectivity index (χ0n) is 12.3. The molecule has 0 saturated carbocycles. The molecule has 0 aliphatic carbocycles. The van der Waals surface area contributed by atoms with Crippen molar-refractivity contribution < 1.29 is 0 Å². The minimum Gasteiger partial charge on any atom is -0.383 e. The van der Waals surface area contributed by atoms with Crippen molar-refractivity contribution in [1.29, 1.82) is 0 Å². The minimum absolute atomic E-state index is 0.174. The summed E-state index contributed by atoms with van der Waals surface area (Å²) in [4.78, 5) is 16.1. The van der Waals surface area contributed by atoms with Gasteiger partial charge in [-0.3, -0.25) is 0 Å². The lowest BCUT2D eigenvalue weighted by Crippen LogP contribution is -2.04. The lowest BCUT2D eigenvalue weighted by atomic mass is 10.2. The fourth-order valence-corrected chi connectivity index (χ4v) is 2.63. The molecular formula is C15H15N7. The Bertz CT molecular complexity index is 947. The predicted octanol–water partition coefficient (Wildman–Crippen LogP) is 2.53. The lowest BCUT2D eigenvalue weighted by molar-refractivity contribution is 0.547. The fourth-order valence-electron chi connectivity index (χ4n) is 2.63. The van der Waals surface area contributed by atoms with Crippen molar-refractivity contribution in [2.45, 2.75) is 19.9 Å². The highest BCUT2D eigenvalue weighted by Crippen LogP contribution is 2.32. The first-order valence-corrected chi connectivity index (χ1v) is 7.08. The molecule has 0 saturated heterocycles. The molecule has 0 fully saturated rings. The van der Waals surface area contributed by atoms with Crippen LogP contribution in [0.2, 0.25) is 0 Å². The molecule has 3 N–H and O–H groups in total. The van der Waals surface area contributed by atoms with Gasteiger partial charge in [-0.15, -0.1) is 0 Å². The number of pyridine rings is 1. The summed E-state index contributed by atoms with van der Waals surface area (Å²) >= 11 is 0. The molecule has 7 heteroatoms. The number of H-pyrrole nitrogens is 1. The molecule has 0 aliphatic rings. The second-order valence-electron chi connectivity index (χ2n) is 5.47. The van der Waals surface area contributed by atoms with Crippen LogP contribution in [0.3, 0.4) is 0 Å². The molecule has 4 rings (SSSR count). The molecule has 0 amide bonds. The van der Waals surface area contributed by atoms with Crippen LogP contribution in [-0.4, -0.2) is 29.7 Å². The highest BCUT2D eigenvalue weighted by Gasteiger charge is 2.19. The average molecular weight is 293 g/mol. The van der Waals surface area contributed by atoms with Crippen LogP contribution in [0.4, 0.5) is 5.82 Å². The Kier molecular flexibility index (Phi) is 2.62. The van der Waals surface area contributed by atoms with E-state index in [-0.39, 0.29) is 6.04 Å². The summed E-state index contributed by atoms with van der Waals surface area (Å²) in [7, 11) is 0. The maximum atomic E-state index is 6.07. The molecule has 0 radical (unpaired) electrons. The van der Waals surface area contributed by atoms with Crippen LogP contribution in [0.1, 0.15) is 19.9 Å². The summed E-state index contributed by atoms with van der Waals surface area (Å²) < 4.78 is 1.86. The maximum absolute atomic E-state index is 6.07. The van der Waals surface area contributed by atoms with Gasteiger partial charge < -0.3 is 10.7 Å². The SMILES string of the molecule is CC(C)n1nc(-c2cc3cccnc3[nH]2)c2c(N)ncnc21. The molecule has 4 aromatic rings. The summed E-state index contributed by atoms with van der Waals surface area (Å²) in [6.45, 7) is 4.11. The Labute approximate surface area is 126 Å². The molecule has 22 heavy (non-hydrogen) atoms. The van der Waals surface area contributed by atoms with Crippen molar-refractivity contribution in [1.82, 2.24) is 29.7 Å². The summed E-state index contributed by atoms with van der Waals surface area (Å²) in [6, 6.07) is 6.10. The van der Waals surface area contributed by atoms with E-state index in [9.17, 15) is 0 Å². The van der Waals surface area contributed by atoms with Crippen LogP contribution in [0.25, 0.3) is 33.5 Å². The molecule has 0 aliphatic heterocycles. The van der Waals surface area contributed by atoms with Crippen molar-refractivity contribution in [2.24, 2.45) is 0 Å². The normalized spacial score (nSPS) is 11.8. The van der Waals surface area contributed by atoms with E-state index in [0.29, 0.717) is 5.82 Å². The molecular weight excluding hydrogens is 278 g/mol. The minimum atomic E-state index is 0.174. The maximum Gasteiger partial charge on any atom is 0.164 e. The van der Waals surface area contributed by atoms with Gasteiger partial charge in [-0.25, -0.2) is 19.6 Å². The largest absolute Gasteiger partial charge is 0.383 e. The van der Waals surface area contributed by atoms with Gasteiger partial charge in [0.2, 0.25) is 0 Å². The average Bonchev–Trinajstić information content (AvgIpc) is 3.08. The van der Waals surface area contributed by atoms with Gasteiger partial charge in [0, 0.05) is 17.6 Å². The van der Waals surface area contributed by atoms with E-state index in [0.717, 1.165) is 33.5 Å². The van der Waals surface area contributed by atoms with Crippen LogP contribution >= 0.6 is 0 Å². The third-order valence-corrected chi connectivity index (χ3v) is 3.65. The molecule has 0 unspecified atom stereocenters. The summed E-state index contributed by atoms with van der Waals surface area (Å²) in [5, 5.41) is 6.48. The van der Waals surface area contributed by atoms with E-state index in [1.165, 1.54) is 6.33 Å². The Morgan fingerprint density at radius 3 is 2.86 bits per heavy atom. The van der Waals surface area contributed by atoms with E-state index in [2.05, 4.69) is 33.8 Å². The van der Waals surface area contributed by atoms with Gasteiger partial charge >= 0.3 is 0 Å². The third kappa shape index (κ3) is 1.75. The van der Waals surface area contributed by atoms with E-state index >= 15 is 0 Å². The second-order valence-corrected chi connectivity index (χ2v) is 5.47. The molecule has 0 bridgehead atoms. The van der Waals surface area contributed by atoms with Crippen molar-refractivity contribution in [3.63, 3.8) is 0 Å². The van der Waals surface area contributed by atoms with Gasteiger partial charge in [0.05, 0.1) is 11.1 Å². The Morgan fingerprint density at radius 2 is 2.09 bits per heavy atom. The van der Waals surface area contributed by atoms with Gasteiger partial charge in [-0.05, 0) is 32.0 Å². The number of aromatic amines is 1. The highest BCUT2D eigenvalue weighted by atomic mass is 15.3. The molecule has 0 aromatic carbocycles. The first-order valence-electron chi connectivity index (χ1n) is 7.08. The third-order valence-electron chi connectivity index (χ3n) is 3.65. The van der Waals surface area contributed by atoms with Gasteiger partial charge in [-0.1, -0.05) is 0 Å². The van der Waals surface area contributed by atoms with E-state index < -0.39 is 0 Å². The smallest absolute Gasteiger partial charge is 0.164 e. The number of nitrogens with zero attached hydrogens (tertiary/aromatic N) is 5. The topological polar surface area (TPSA) is 98.3 Å². The molecule has 0 spiro atoms. The summed E-state index contributed by atoms with van der Waals surface area (Å²) in [6.07, 6.45) is 3.22. The van der Waals surface area contributed by atoms with E-state index in [1.807, 2.05) is 22.9 Å². The number of nitrogens with one attached hydrogen (secondary N) is 1. The molecule has 0 atom stereocenters. The standard InChI is InChI=1S/C15H15N7/c1-8(2)22-15-11(13(16)18-7-19-15)12(21-22)10-6-9-4-3-5-17-14(9)20-10/h3-8H,1-2H3,(H,17,20)(H2,16,18,19). The second kappa shape index (κ2) is 4.52. The van der Waals surface area contributed by atoms with E-state index in [1.54, 1.807) is 6.20 Å². The number of hydrogen-bond acceptors (Lipinski definition) is 5. The first kappa shape index (κ1) is 12.8. The number of hydrogen-bond donors (Lipinski definition) is 2. The summed E-state index contributed by atoms with van der Waals surface area (Å²) in [5.41, 5.74) is 9.24. The summed E-state index contributed by atoms with van der Waals surface area (Å²) in [5.74, 6) is 0.429. The van der Waals surface area contributed by atoms with Crippen LogP contribution in [0.5, 0.6) is 0 Å². The van der Waals surface area contributed by atoms with Crippen LogP contribution in [-0.2, 0) is 0 Å². The van der Waals surface area contributed by atoms with Crippen molar-refractivity contribution in [3.8, 4) is 11.4 Å². The van der Waals surface area contributed by atoms with Gasteiger partial charge in [-0.2, -0.15) is 5.10 Å². The zero-order valence-corrected chi connectivity index (χ0v) is 12.3. The Hall–Kier alpha value is -2.96. The number of rotatable bonds is 2. The van der Waals surface area contributed by atoms with Crippen LogP contribution < -0.4 is 5.73 Å². The predicted molar refractivity (Wildman–Crippen MR) is 85.2 cm³/mol. The molecule has 110 valence electrons. The van der Waals surface area contributed by atoms with Crippen molar-refractivity contribution >= 4 is 27.9 Å². The quantitative estimate of drug-likeness (QED) is 0.591. The molecule has 4 aromatic heterocycles. The number of anilines is 1. The first-order chi connectivity index (χ1) is 10.6. The Balaban J connectivity index is 2.05. The van der Waals surface area contributed by atoms with Crippen molar-refractivity contribution in [3.05, 3.63) is 30.7 Å². The highest BCUT2D eigenvalue weighted by molar-refractivity contribution is 5.99. The lowest BCUT2D eigenvalue weighted by Gasteiger charge is -2.05.